The fourth-order valence-electron chi connectivity index (χ4n) is 6.85. The molecule has 4 atom stereocenters. The zero-order valence-electron chi connectivity index (χ0n) is 24.0. The highest BCUT2D eigenvalue weighted by Gasteiger charge is 2.66. The molecule has 3 aliphatic rings. The van der Waals surface area contributed by atoms with E-state index in [0.29, 0.717) is 36.4 Å². The van der Waals surface area contributed by atoms with Crippen molar-refractivity contribution in [2.45, 2.75) is 56.7 Å². The number of hydrogen-bond acceptors (Lipinski definition) is 6. The second-order valence-corrected chi connectivity index (χ2v) is 15.8. The van der Waals surface area contributed by atoms with Crippen LogP contribution in [-0.4, -0.2) is 73.2 Å². The molecule has 0 bridgehead atoms. The first-order chi connectivity index (χ1) is 19.5. The molecule has 0 saturated carbocycles. The van der Waals surface area contributed by atoms with Crippen molar-refractivity contribution >= 4 is 37.4 Å². The van der Waals surface area contributed by atoms with Crippen LogP contribution in [0, 0.1) is 5.92 Å². The molecule has 3 heterocycles. The second-order valence-electron chi connectivity index (χ2n) is 11.8. The first kappa shape index (κ1) is 29.2. The van der Waals surface area contributed by atoms with Gasteiger partial charge >= 0.3 is 0 Å². The lowest BCUT2D eigenvalue weighted by Crippen LogP contribution is -2.46. The summed E-state index contributed by atoms with van der Waals surface area (Å²) < 4.78 is 6.77. The molecular weight excluding hydrogens is 538 g/mol. The third-order valence-corrected chi connectivity index (χ3v) is 11.3. The highest BCUT2D eigenvalue weighted by molar-refractivity contribution is 6.71. The van der Waals surface area contributed by atoms with Crippen molar-refractivity contribution in [3.8, 4) is 0 Å². The van der Waals surface area contributed by atoms with E-state index in [0.717, 1.165) is 5.56 Å². The summed E-state index contributed by atoms with van der Waals surface area (Å²) in [4.78, 5) is 56.7. The molecule has 218 valence electrons. The van der Waals surface area contributed by atoms with Crippen molar-refractivity contribution in [1.82, 2.24) is 4.90 Å². The summed E-state index contributed by atoms with van der Waals surface area (Å²) in [5, 5.41) is 9.71. The van der Waals surface area contributed by atoms with Crippen LogP contribution >= 0.6 is 0 Å². The minimum Gasteiger partial charge on any atom is -0.432 e. The number of hydrogen-bond donors (Lipinski definition) is 2. The Balaban J connectivity index is 1.52. The predicted octanol–water partition coefficient (Wildman–Crippen LogP) is 3.16. The Morgan fingerprint density at radius 3 is 2.54 bits per heavy atom. The van der Waals surface area contributed by atoms with Crippen molar-refractivity contribution < 1.29 is 29.0 Å². The Labute approximate surface area is 242 Å². The minimum absolute atomic E-state index is 0.0271. The van der Waals surface area contributed by atoms with Crippen molar-refractivity contribution in [1.29, 1.82) is 0 Å². The Morgan fingerprint density at radius 2 is 1.95 bits per heavy atom. The molecule has 2 fully saturated rings. The number of β-lactam (4-membered cyclic amide) rings is 1. The van der Waals surface area contributed by atoms with Crippen LogP contribution in [0.5, 0.6) is 0 Å². The molecule has 2 aromatic rings. The van der Waals surface area contributed by atoms with Crippen molar-refractivity contribution in [3.63, 3.8) is 0 Å². The zero-order chi connectivity index (χ0) is 29.5. The standard InChI is InChI=1S/C31H39N3O6Si/c1-5-14-34-25-12-11-23(33-15-13-27(33)36)18-24(25)31(30(34)38)21(2)29(41(3,4)39)26(40-31)19-28(37)32(16-17-35)20-22-9-7-6-8-10-22/h5-12,18,21,26,29,35,39H,1,13-17,19-20H2,2-4H3/t21-,26+,29-,31+/m0/s1. The van der Waals surface area contributed by atoms with Gasteiger partial charge in [-0.05, 0) is 36.9 Å². The largest absolute Gasteiger partial charge is 0.432 e. The smallest absolute Gasteiger partial charge is 0.264 e. The van der Waals surface area contributed by atoms with Gasteiger partial charge in [0.2, 0.25) is 11.8 Å². The number of aliphatic hydroxyl groups excluding tert-OH is 1. The average molecular weight is 578 g/mol. The van der Waals surface area contributed by atoms with Crippen LogP contribution in [0.25, 0.3) is 0 Å². The van der Waals surface area contributed by atoms with Gasteiger partial charge in [0.15, 0.2) is 13.9 Å². The van der Waals surface area contributed by atoms with Gasteiger partial charge in [0.05, 0.1) is 24.8 Å². The van der Waals surface area contributed by atoms with Gasteiger partial charge in [-0.2, -0.15) is 0 Å². The number of anilines is 2. The Hall–Kier alpha value is -3.31. The number of carbonyl (C=O) groups is 3. The normalized spacial score (nSPS) is 25.4. The van der Waals surface area contributed by atoms with Crippen molar-refractivity contribution in [2.24, 2.45) is 5.92 Å². The van der Waals surface area contributed by atoms with E-state index in [9.17, 15) is 24.3 Å². The maximum atomic E-state index is 14.3. The lowest BCUT2D eigenvalue weighted by Gasteiger charge is -2.33. The van der Waals surface area contributed by atoms with Gasteiger partial charge in [-0.15, -0.1) is 6.58 Å². The number of carbonyl (C=O) groups excluding carboxylic acids is 3. The predicted molar refractivity (Wildman–Crippen MR) is 159 cm³/mol. The quantitative estimate of drug-likeness (QED) is 0.255. The molecule has 0 radical (unpaired) electrons. The molecule has 2 N–H and O–H groups in total. The van der Waals surface area contributed by atoms with Gasteiger partial charge in [-0.3, -0.25) is 14.4 Å². The summed E-state index contributed by atoms with van der Waals surface area (Å²) in [5.41, 5.74) is 1.15. The minimum atomic E-state index is -2.97. The highest BCUT2D eigenvalue weighted by Crippen LogP contribution is 2.60. The van der Waals surface area contributed by atoms with Crippen LogP contribution in [0.1, 0.15) is 30.9 Å². The summed E-state index contributed by atoms with van der Waals surface area (Å²) in [6.07, 6.45) is 1.40. The summed E-state index contributed by atoms with van der Waals surface area (Å²) in [7, 11) is -2.97. The molecule has 9 nitrogen and oxygen atoms in total. The molecular formula is C31H39N3O6Si. The van der Waals surface area contributed by atoms with Crippen molar-refractivity contribution in [2.75, 3.05) is 36.0 Å². The first-order valence-corrected chi connectivity index (χ1v) is 17.3. The van der Waals surface area contributed by atoms with E-state index in [2.05, 4.69) is 6.58 Å². The van der Waals surface area contributed by atoms with Crippen LogP contribution in [0.4, 0.5) is 11.4 Å². The summed E-state index contributed by atoms with van der Waals surface area (Å²) in [6.45, 7) is 10.6. The summed E-state index contributed by atoms with van der Waals surface area (Å²) >= 11 is 0. The molecule has 10 heteroatoms. The average Bonchev–Trinajstić information content (AvgIpc) is 3.34. The van der Waals surface area contributed by atoms with Gasteiger partial charge in [0.1, 0.15) is 0 Å². The number of fused-ring (bicyclic) bond motifs is 2. The van der Waals surface area contributed by atoms with Gasteiger partial charge in [-0.25, -0.2) is 0 Å². The molecule has 0 aliphatic carbocycles. The molecule has 0 aromatic heterocycles. The van der Waals surface area contributed by atoms with E-state index in [1.807, 2.05) is 68.5 Å². The SMILES string of the molecule is C=CCN1C(=O)[C@]2(O[C@H](CC(=O)N(CCO)Cc3ccccc3)[C@@H]([Si](C)(C)O)[C@@H]2C)c2cc(N3CCC3=O)ccc21. The first-order valence-electron chi connectivity index (χ1n) is 14.2. The van der Waals surface area contributed by atoms with Crippen LogP contribution in [-0.2, 0) is 31.3 Å². The molecule has 5 rings (SSSR count). The van der Waals surface area contributed by atoms with Gasteiger partial charge < -0.3 is 29.3 Å². The summed E-state index contributed by atoms with van der Waals surface area (Å²) in [6, 6.07) is 15.1. The lowest BCUT2D eigenvalue weighted by atomic mass is 9.82. The van der Waals surface area contributed by atoms with Crippen molar-refractivity contribution in [3.05, 3.63) is 72.3 Å². The Morgan fingerprint density at radius 1 is 1.22 bits per heavy atom. The van der Waals surface area contributed by atoms with Gasteiger partial charge in [-0.1, -0.05) is 43.3 Å². The molecule has 3 amide bonds. The number of aliphatic hydroxyl groups is 1. The number of nitrogens with zero attached hydrogens (tertiary/aromatic N) is 3. The van der Waals surface area contributed by atoms with Crippen LogP contribution in [0.15, 0.2) is 61.2 Å². The third kappa shape index (κ3) is 5.03. The number of ether oxygens (including phenoxy) is 1. The highest BCUT2D eigenvalue weighted by atomic mass is 28.4. The maximum absolute atomic E-state index is 14.3. The molecule has 41 heavy (non-hydrogen) atoms. The molecule has 2 saturated heterocycles. The topological polar surface area (TPSA) is 111 Å². The number of benzene rings is 2. The Kier molecular flexibility index (Phi) is 7.95. The zero-order valence-corrected chi connectivity index (χ0v) is 25.0. The lowest BCUT2D eigenvalue weighted by molar-refractivity contribution is -0.149. The van der Waals surface area contributed by atoms with Crippen LogP contribution in [0.2, 0.25) is 18.6 Å². The molecule has 0 unspecified atom stereocenters. The second kappa shape index (κ2) is 11.2. The molecule has 2 aromatic carbocycles. The van der Waals surface area contributed by atoms with E-state index < -0.39 is 31.5 Å². The monoisotopic (exact) mass is 577 g/mol. The van der Waals surface area contributed by atoms with Gasteiger partial charge in [0.25, 0.3) is 5.91 Å². The van der Waals surface area contributed by atoms with E-state index >= 15 is 0 Å². The third-order valence-electron chi connectivity index (χ3n) is 8.76. The number of rotatable bonds is 10. The fourth-order valence-corrected chi connectivity index (χ4v) is 9.40. The maximum Gasteiger partial charge on any atom is 0.264 e. The van der Waals surface area contributed by atoms with Gasteiger partial charge in [0, 0.05) is 55.3 Å². The Bertz CT molecular complexity index is 1350. The van der Waals surface area contributed by atoms with E-state index in [4.69, 9.17) is 4.74 Å². The van der Waals surface area contributed by atoms with Crippen LogP contribution in [0.3, 0.4) is 0 Å². The molecule has 1 spiro atoms. The fraction of sp³-hybridized carbons (Fsp3) is 0.452. The van der Waals surface area contributed by atoms with E-state index in [1.54, 1.807) is 20.8 Å². The summed E-state index contributed by atoms with van der Waals surface area (Å²) in [5.74, 6) is -0.870. The van der Waals surface area contributed by atoms with E-state index in [-0.39, 0.29) is 43.8 Å². The van der Waals surface area contributed by atoms with E-state index in [1.165, 1.54) is 0 Å². The molecule has 3 aliphatic heterocycles. The van der Waals surface area contributed by atoms with Crippen LogP contribution < -0.4 is 9.80 Å². The number of amides is 3.